The van der Waals surface area contributed by atoms with Gasteiger partial charge in [-0.2, -0.15) is 0 Å². The van der Waals surface area contributed by atoms with E-state index in [4.69, 9.17) is 15.9 Å². The summed E-state index contributed by atoms with van der Waals surface area (Å²) in [5.74, 6) is -2.37. The third kappa shape index (κ3) is 5.97. The molecule has 0 aromatic heterocycles. The highest BCUT2D eigenvalue weighted by Crippen LogP contribution is 1.94. The Hall–Kier alpha value is -1.21. The van der Waals surface area contributed by atoms with Crippen LogP contribution in [0.3, 0.4) is 0 Å². The zero-order valence-electron chi connectivity index (χ0n) is 8.15. The molecule has 0 bridgehead atoms. The summed E-state index contributed by atoms with van der Waals surface area (Å²) in [7, 11) is 0. The minimum Gasteiger partial charge on any atom is -0.480 e. The quantitative estimate of drug-likeness (QED) is 0.399. The summed E-state index contributed by atoms with van der Waals surface area (Å²) in [5.41, 5.74) is 5.21. The van der Waals surface area contributed by atoms with Gasteiger partial charge in [0.25, 0.3) is 0 Å². The topological polar surface area (TPSA) is 113 Å². The molecule has 0 saturated carbocycles. The molecule has 88 valence electrons. The zero-order chi connectivity index (χ0) is 11.8. The van der Waals surface area contributed by atoms with Crippen molar-refractivity contribution in [3.8, 4) is 0 Å². The Labute approximate surface area is 86.3 Å². The van der Waals surface area contributed by atoms with Crippen LogP contribution in [0.4, 0.5) is 4.39 Å². The first kappa shape index (κ1) is 13.8. The van der Waals surface area contributed by atoms with Crippen LogP contribution in [0.2, 0.25) is 0 Å². The number of aliphatic carboxylic acids is 2. The monoisotopic (exact) mass is 222 g/mol. The predicted molar refractivity (Wildman–Crippen MR) is 50.2 cm³/mol. The van der Waals surface area contributed by atoms with Crippen LogP contribution in [-0.4, -0.2) is 47.5 Å². The summed E-state index contributed by atoms with van der Waals surface area (Å²) < 4.78 is 12.1. The molecule has 5 N–H and O–H groups in total. The molecule has 15 heavy (non-hydrogen) atoms. The molecule has 2 unspecified atom stereocenters. The van der Waals surface area contributed by atoms with Crippen LogP contribution in [0, 0.1) is 0 Å². The Bertz CT molecular complexity index is 225. The van der Waals surface area contributed by atoms with Crippen LogP contribution in [0.5, 0.6) is 0 Å². The molecule has 0 aliphatic carbocycles. The Morgan fingerprint density at radius 1 is 1.33 bits per heavy atom. The molecule has 6 nitrogen and oxygen atoms in total. The van der Waals surface area contributed by atoms with Gasteiger partial charge in [0.05, 0.1) is 0 Å². The first-order chi connectivity index (χ1) is 6.99. The molecule has 0 saturated heterocycles. The standard InChI is InChI=1S/C8H15FN2O4/c9-4-6(8(14)15)11-3-1-2-5(10)7(12)13/h5-6,11H,1-4,10H2,(H,12,13)(H,14,15). The number of carboxylic acid groups (broad SMARTS) is 2. The lowest BCUT2D eigenvalue weighted by Crippen LogP contribution is -2.39. The molecule has 0 radical (unpaired) electrons. The number of halogens is 1. The molecule has 0 aromatic carbocycles. The van der Waals surface area contributed by atoms with Crippen LogP contribution in [0.15, 0.2) is 0 Å². The molecule has 0 aliphatic heterocycles. The van der Waals surface area contributed by atoms with E-state index in [1.165, 1.54) is 0 Å². The lowest BCUT2D eigenvalue weighted by molar-refractivity contribution is -0.140. The maximum atomic E-state index is 12.1. The molecule has 0 aliphatic rings. The lowest BCUT2D eigenvalue weighted by Gasteiger charge is -2.11. The molecule has 2 atom stereocenters. The van der Waals surface area contributed by atoms with Gasteiger partial charge in [-0.15, -0.1) is 0 Å². The minimum absolute atomic E-state index is 0.223. The van der Waals surface area contributed by atoms with Gasteiger partial charge >= 0.3 is 11.9 Å². The fraction of sp³-hybridized carbons (Fsp3) is 0.750. The second-order valence-corrected chi connectivity index (χ2v) is 3.09. The van der Waals surface area contributed by atoms with Crippen LogP contribution in [0.1, 0.15) is 12.8 Å². The Balaban J connectivity index is 3.61. The fourth-order valence-electron chi connectivity index (χ4n) is 0.930. The number of nitrogens with one attached hydrogen (secondary N) is 1. The smallest absolute Gasteiger partial charge is 0.323 e. The van der Waals surface area contributed by atoms with Gasteiger partial charge in [0.2, 0.25) is 0 Å². The number of carbonyl (C=O) groups is 2. The first-order valence-corrected chi connectivity index (χ1v) is 4.49. The van der Waals surface area contributed by atoms with Crippen molar-refractivity contribution in [3.63, 3.8) is 0 Å². The van der Waals surface area contributed by atoms with Crippen molar-refractivity contribution in [1.29, 1.82) is 0 Å². The summed E-state index contributed by atoms with van der Waals surface area (Å²) in [6, 6.07) is -2.19. The molecule has 0 heterocycles. The molecule has 0 aromatic rings. The lowest BCUT2D eigenvalue weighted by atomic mass is 10.1. The molecule has 0 fully saturated rings. The van der Waals surface area contributed by atoms with Crippen molar-refractivity contribution in [2.45, 2.75) is 24.9 Å². The van der Waals surface area contributed by atoms with Crippen LogP contribution in [-0.2, 0) is 9.59 Å². The summed E-state index contributed by atoms with van der Waals surface area (Å²) in [6.07, 6.45) is 0.609. The van der Waals surface area contributed by atoms with Crippen molar-refractivity contribution >= 4 is 11.9 Å². The third-order valence-corrected chi connectivity index (χ3v) is 1.85. The molecular weight excluding hydrogens is 207 g/mol. The molecule has 0 rings (SSSR count). The second-order valence-electron chi connectivity index (χ2n) is 3.09. The number of hydrogen-bond donors (Lipinski definition) is 4. The average Bonchev–Trinajstić information content (AvgIpc) is 2.16. The van der Waals surface area contributed by atoms with E-state index in [0.29, 0.717) is 6.42 Å². The largest absolute Gasteiger partial charge is 0.480 e. The van der Waals surface area contributed by atoms with Gasteiger partial charge < -0.3 is 21.3 Å². The number of nitrogens with two attached hydrogens (primary N) is 1. The van der Waals surface area contributed by atoms with E-state index in [0.717, 1.165) is 0 Å². The van der Waals surface area contributed by atoms with Gasteiger partial charge in [0.15, 0.2) is 0 Å². The van der Waals surface area contributed by atoms with E-state index >= 15 is 0 Å². The summed E-state index contributed by atoms with van der Waals surface area (Å²) in [5, 5.41) is 19.3. The van der Waals surface area contributed by atoms with Crippen LogP contribution in [0.25, 0.3) is 0 Å². The van der Waals surface area contributed by atoms with E-state index in [2.05, 4.69) is 5.32 Å². The highest BCUT2D eigenvalue weighted by Gasteiger charge is 2.16. The minimum atomic E-state index is -1.26. The molecule has 7 heteroatoms. The van der Waals surface area contributed by atoms with Gasteiger partial charge in [-0.1, -0.05) is 0 Å². The van der Waals surface area contributed by atoms with E-state index in [9.17, 15) is 14.0 Å². The van der Waals surface area contributed by atoms with Gasteiger partial charge in [0, 0.05) is 0 Å². The van der Waals surface area contributed by atoms with Crippen molar-refractivity contribution in [3.05, 3.63) is 0 Å². The average molecular weight is 222 g/mol. The maximum absolute atomic E-state index is 12.1. The summed E-state index contributed by atoms with van der Waals surface area (Å²) in [4.78, 5) is 20.6. The predicted octanol–water partition coefficient (Wildman–Crippen LogP) is -0.809. The van der Waals surface area contributed by atoms with Crippen LogP contribution < -0.4 is 11.1 Å². The van der Waals surface area contributed by atoms with E-state index in [1.54, 1.807) is 0 Å². The van der Waals surface area contributed by atoms with Gasteiger partial charge in [0.1, 0.15) is 18.8 Å². The normalized spacial score (nSPS) is 14.5. The van der Waals surface area contributed by atoms with Crippen molar-refractivity contribution < 1.29 is 24.2 Å². The first-order valence-electron chi connectivity index (χ1n) is 4.49. The van der Waals surface area contributed by atoms with Gasteiger partial charge in [-0.25, -0.2) is 4.39 Å². The van der Waals surface area contributed by atoms with Gasteiger partial charge in [-0.05, 0) is 19.4 Å². The van der Waals surface area contributed by atoms with E-state index in [-0.39, 0.29) is 13.0 Å². The molecule has 0 amide bonds. The molecule has 0 spiro atoms. The van der Waals surface area contributed by atoms with Crippen LogP contribution >= 0.6 is 0 Å². The van der Waals surface area contributed by atoms with E-state index < -0.39 is 30.7 Å². The number of carboxylic acids is 2. The van der Waals surface area contributed by atoms with Crippen molar-refractivity contribution in [2.24, 2.45) is 5.73 Å². The number of alkyl halides is 1. The van der Waals surface area contributed by atoms with Crippen molar-refractivity contribution in [1.82, 2.24) is 5.32 Å². The fourth-order valence-corrected chi connectivity index (χ4v) is 0.930. The highest BCUT2D eigenvalue weighted by atomic mass is 19.1. The SMILES string of the molecule is NC(CCCNC(CF)C(=O)O)C(=O)O. The molecular formula is C8H15FN2O4. The number of rotatable bonds is 8. The highest BCUT2D eigenvalue weighted by molar-refractivity contribution is 5.73. The summed E-state index contributed by atoms with van der Waals surface area (Å²) >= 11 is 0. The van der Waals surface area contributed by atoms with E-state index in [1.807, 2.05) is 0 Å². The Morgan fingerprint density at radius 3 is 2.33 bits per heavy atom. The maximum Gasteiger partial charge on any atom is 0.323 e. The Kier molecular flexibility index (Phi) is 6.56. The second kappa shape index (κ2) is 7.13. The third-order valence-electron chi connectivity index (χ3n) is 1.85. The summed E-state index contributed by atoms with van der Waals surface area (Å²) in [6.45, 7) is -0.776. The number of hydrogen-bond acceptors (Lipinski definition) is 4. The van der Waals surface area contributed by atoms with Gasteiger partial charge in [-0.3, -0.25) is 9.59 Å². The Morgan fingerprint density at radius 2 is 1.93 bits per heavy atom. The zero-order valence-corrected chi connectivity index (χ0v) is 8.15. The van der Waals surface area contributed by atoms with Crippen molar-refractivity contribution in [2.75, 3.05) is 13.2 Å².